The number of hydrogen-bond acceptors (Lipinski definition) is 3. The lowest BCUT2D eigenvalue weighted by molar-refractivity contribution is 0.932. The van der Waals surface area contributed by atoms with Gasteiger partial charge in [-0.05, 0) is 37.1 Å². The first-order chi connectivity index (χ1) is 9.20. The van der Waals surface area contributed by atoms with Crippen LogP contribution >= 0.6 is 39.3 Å². The molecule has 19 heavy (non-hydrogen) atoms. The van der Waals surface area contributed by atoms with Crippen molar-refractivity contribution < 1.29 is 0 Å². The molecule has 2 nitrogen and oxygen atoms in total. The molecule has 0 aliphatic heterocycles. The summed E-state index contributed by atoms with van der Waals surface area (Å²) in [6, 6.07) is 10.1. The zero-order valence-electron chi connectivity index (χ0n) is 10.1. The van der Waals surface area contributed by atoms with Crippen molar-refractivity contribution in [1.82, 2.24) is 9.97 Å². The number of rotatable bonds is 4. The van der Waals surface area contributed by atoms with Crippen LogP contribution in [0.3, 0.4) is 0 Å². The van der Waals surface area contributed by atoms with Gasteiger partial charge in [0.1, 0.15) is 11.0 Å². The molecule has 1 saturated carbocycles. The van der Waals surface area contributed by atoms with Gasteiger partial charge in [0.05, 0.1) is 5.75 Å². The van der Waals surface area contributed by atoms with Crippen molar-refractivity contribution in [3.63, 3.8) is 0 Å². The maximum absolute atomic E-state index is 6.06. The van der Waals surface area contributed by atoms with Gasteiger partial charge in [0.2, 0.25) is 0 Å². The summed E-state index contributed by atoms with van der Waals surface area (Å²) < 4.78 is 1.09. The number of aromatic nitrogens is 2. The van der Waals surface area contributed by atoms with Gasteiger partial charge in [-0.25, -0.2) is 9.97 Å². The van der Waals surface area contributed by atoms with Crippen molar-refractivity contribution in [2.75, 3.05) is 0 Å². The third-order valence-electron chi connectivity index (χ3n) is 2.92. The molecule has 1 fully saturated rings. The minimum atomic E-state index is 0.557. The van der Waals surface area contributed by atoms with E-state index in [0.717, 1.165) is 21.7 Å². The molecule has 1 aromatic heterocycles. The Labute approximate surface area is 130 Å². The molecule has 0 unspecified atom stereocenters. The highest BCUT2D eigenvalue weighted by atomic mass is 79.9. The third-order valence-corrected chi connectivity index (χ3v) is 4.60. The van der Waals surface area contributed by atoms with Gasteiger partial charge in [0.15, 0.2) is 0 Å². The summed E-state index contributed by atoms with van der Waals surface area (Å²) >= 11 is 11.3. The van der Waals surface area contributed by atoms with Gasteiger partial charge in [-0.3, -0.25) is 0 Å². The summed E-state index contributed by atoms with van der Waals surface area (Å²) in [5, 5.41) is 0.557. The van der Waals surface area contributed by atoms with Crippen LogP contribution in [0.2, 0.25) is 5.15 Å². The number of thioether (sulfide) groups is 1. The monoisotopic (exact) mass is 354 g/mol. The average molecular weight is 356 g/mol. The highest BCUT2D eigenvalue weighted by molar-refractivity contribution is 9.10. The van der Waals surface area contributed by atoms with Crippen LogP contribution in [0.25, 0.3) is 0 Å². The molecule has 0 bridgehead atoms. The van der Waals surface area contributed by atoms with Crippen LogP contribution in [0.4, 0.5) is 0 Å². The van der Waals surface area contributed by atoms with Crippen LogP contribution in [0.5, 0.6) is 0 Å². The van der Waals surface area contributed by atoms with E-state index in [1.165, 1.54) is 17.7 Å². The molecule has 0 radical (unpaired) electrons. The maximum Gasteiger partial charge on any atom is 0.140 e. The lowest BCUT2D eigenvalue weighted by atomic mass is 10.3. The van der Waals surface area contributed by atoms with Crippen LogP contribution in [-0.4, -0.2) is 9.97 Å². The minimum Gasteiger partial charge on any atom is -0.237 e. The molecule has 2 aromatic rings. The van der Waals surface area contributed by atoms with Crippen LogP contribution in [0.15, 0.2) is 39.7 Å². The van der Waals surface area contributed by atoms with Crippen molar-refractivity contribution >= 4 is 39.3 Å². The standard InChI is InChI=1S/C14H12BrClN2S/c15-10-2-1-3-11(6-10)19-8-14-17-12(9-4-5-9)7-13(16)18-14/h1-3,6-7,9H,4-5,8H2. The molecule has 0 saturated heterocycles. The van der Waals surface area contributed by atoms with Gasteiger partial charge in [-0.1, -0.05) is 33.6 Å². The fourth-order valence-corrected chi connectivity index (χ4v) is 3.41. The molecule has 98 valence electrons. The zero-order chi connectivity index (χ0) is 13.2. The first kappa shape index (κ1) is 13.4. The second kappa shape index (κ2) is 5.81. The van der Waals surface area contributed by atoms with Gasteiger partial charge in [0.25, 0.3) is 0 Å². The van der Waals surface area contributed by atoms with Crippen molar-refractivity contribution in [2.24, 2.45) is 0 Å². The molecule has 3 rings (SSSR count). The van der Waals surface area contributed by atoms with Gasteiger partial charge < -0.3 is 0 Å². The van der Waals surface area contributed by atoms with E-state index in [-0.39, 0.29) is 0 Å². The predicted octanol–water partition coefficient (Wildman–Crippen LogP) is 5.06. The number of hydrogen-bond donors (Lipinski definition) is 0. The van der Waals surface area contributed by atoms with E-state index in [1.807, 2.05) is 18.2 Å². The molecule has 1 aliphatic rings. The van der Waals surface area contributed by atoms with Crippen LogP contribution < -0.4 is 0 Å². The fourth-order valence-electron chi connectivity index (χ4n) is 1.84. The molecule has 5 heteroatoms. The van der Waals surface area contributed by atoms with Crippen molar-refractivity contribution in [2.45, 2.75) is 29.4 Å². The molecule has 1 aromatic carbocycles. The van der Waals surface area contributed by atoms with E-state index in [0.29, 0.717) is 11.1 Å². The van der Waals surface area contributed by atoms with E-state index in [4.69, 9.17) is 11.6 Å². The zero-order valence-corrected chi connectivity index (χ0v) is 13.3. The topological polar surface area (TPSA) is 25.8 Å². The first-order valence-corrected chi connectivity index (χ1v) is 8.28. The van der Waals surface area contributed by atoms with Crippen molar-refractivity contribution in [1.29, 1.82) is 0 Å². The Morgan fingerprint density at radius 3 is 2.84 bits per heavy atom. The molecule has 0 atom stereocenters. The normalized spacial score (nSPS) is 14.6. The van der Waals surface area contributed by atoms with Gasteiger partial charge in [-0.2, -0.15) is 0 Å². The molecule has 0 amide bonds. The summed E-state index contributed by atoms with van der Waals surface area (Å²) in [7, 11) is 0. The van der Waals surface area contributed by atoms with Gasteiger partial charge >= 0.3 is 0 Å². The van der Waals surface area contributed by atoms with Crippen LogP contribution in [0, 0.1) is 0 Å². The molecule has 0 N–H and O–H groups in total. The minimum absolute atomic E-state index is 0.557. The quantitative estimate of drug-likeness (QED) is 0.566. The second-order valence-corrected chi connectivity index (χ2v) is 6.90. The number of halogens is 2. The van der Waals surface area contributed by atoms with E-state index in [2.05, 4.69) is 38.0 Å². The molecule has 0 spiro atoms. The van der Waals surface area contributed by atoms with Gasteiger partial charge in [0, 0.05) is 21.0 Å². The summed E-state index contributed by atoms with van der Waals surface area (Å²) in [4.78, 5) is 10.1. The number of nitrogens with zero attached hydrogens (tertiary/aromatic N) is 2. The Bertz CT molecular complexity index is 602. The largest absolute Gasteiger partial charge is 0.237 e. The summed E-state index contributed by atoms with van der Waals surface area (Å²) in [5.41, 5.74) is 1.10. The molecular formula is C14H12BrClN2S. The van der Waals surface area contributed by atoms with E-state index < -0.39 is 0 Å². The van der Waals surface area contributed by atoms with Crippen molar-refractivity contribution in [3.05, 3.63) is 51.5 Å². The fraction of sp³-hybridized carbons (Fsp3) is 0.286. The van der Waals surface area contributed by atoms with E-state index in [9.17, 15) is 0 Å². The lowest BCUT2D eigenvalue weighted by Gasteiger charge is -2.04. The average Bonchev–Trinajstić information content (AvgIpc) is 3.20. The van der Waals surface area contributed by atoms with E-state index in [1.54, 1.807) is 11.8 Å². The van der Waals surface area contributed by atoms with Crippen LogP contribution in [-0.2, 0) is 5.75 Å². The Hall–Kier alpha value is -0.580. The molecular weight excluding hydrogens is 344 g/mol. The Balaban J connectivity index is 1.72. The summed E-state index contributed by atoms with van der Waals surface area (Å²) in [6.07, 6.45) is 2.46. The highest BCUT2D eigenvalue weighted by Gasteiger charge is 2.25. The Morgan fingerprint density at radius 2 is 2.11 bits per heavy atom. The molecule has 1 heterocycles. The number of benzene rings is 1. The SMILES string of the molecule is Clc1cc(C2CC2)nc(CSc2cccc(Br)c2)n1. The maximum atomic E-state index is 6.06. The van der Waals surface area contributed by atoms with Gasteiger partial charge in [-0.15, -0.1) is 11.8 Å². The second-order valence-electron chi connectivity index (χ2n) is 4.55. The van der Waals surface area contributed by atoms with Crippen molar-refractivity contribution in [3.8, 4) is 0 Å². The first-order valence-electron chi connectivity index (χ1n) is 6.12. The summed E-state index contributed by atoms with van der Waals surface area (Å²) in [5.74, 6) is 2.17. The Morgan fingerprint density at radius 1 is 1.26 bits per heavy atom. The Kier molecular flexibility index (Phi) is 4.10. The summed E-state index contributed by atoms with van der Waals surface area (Å²) in [6.45, 7) is 0. The highest BCUT2D eigenvalue weighted by Crippen LogP contribution is 2.39. The smallest absolute Gasteiger partial charge is 0.140 e. The van der Waals surface area contributed by atoms with E-state index >= 15 is 0 Å². The van der Waals surface area contributed by atoms with Crippen LogP contribution in [0.1, 0.15) is 30.3 Å². The molecule has 1 aliphatic carbocycles. The lowest BCUT2D eigenvalue weighted by Crippen LogP contribution is -1.97. The third kappa shape index (κ3) is 3.71. The predicted molar refractivity (Wildman–Crippen MR) is 82.7 cm³/mol.